The highest BCUT2D eigenvalue weighted by Gasteiger charge is 2.16. The summed E-state index contributed by atoms with van der Waals surface area (Å²) in [6.45, 7) is 1.96. The van der Waals surface area contributed by atoms with Crippen molar-refractivity contribution in [1.29, 1.82) is 5.26 Å². The third-order valence-corrected chi connectivity index (χ3v) is 4.49. The molecule has 0 spiro atoms. The van der Waals surface area contributed by atoms with Crippen LogP contribution < -0.4 is 0 Å². The minimum atomic E-state index is 0.626. The van der Waals surface area contributed by atoms with E-state index < -0.39 is 0 Å². The second-order valence-corrected chi connectivity index (χ2v) is 6.02. The first-order valence-corrected chi connectivity index (χ1v) is 7.89. The van der Waals surface area contributed by atoms with Gasteiger partial charge in [-0.3, -0.25) is 5.10 Å². The summed E-state index contributed by atoms with van der Waals surface area (Å²) in [7, 11) is 0. The van der Waals surface area contributed by atoms with Crippen molar-refractivity contribution in [3.05, 3.63) is 53.3 Å². The molecule has 110 valence electrons. The number of pyridine rings is 1. The molecule has 0 amide bonds. The van der Waals surface area contributed by atoms with Crippen LogP contribution in [0.3, 0.4) is 0 Å². The van der Waals surface area contributed by atoms with E-state index in [0.29, 0.717) is 5.56 Å². The highest BCUT2D eigenvalue weighted by atomic mass is 32.1. The SMILES string of the molecule is Cc1cc(-c2scnc2-c2cccc(C#N)c2)c2cn[nH]c2n1. The normalized spacial score (nSPS) is 10.8. The van der Waals surface area contributed by atoms with Gasteiger partial charge in [-0.05, 0) is 25.1 Å². The van der Waals surface area contributed by atoms with Crippen LogP contribution in [0.2, 0.25) is 0 Å². The molecule has 0 aliphatic heterocycles. The van der Waals surface area contributed by atoms with Crippen molar-refractivity contribution in [2.75, 3.05) is 0 Å². The van der Waals surface area contributed by atoms with E-state index in [2.05, 4.69) is 26.2 Å². The number of H-pyrrole nitrogens is 1. The van der Waals surface area contributed by atoms with Crippen molar-refractivity contribution in [2.45, 2.75) is 6.92 Å². The van der Waals surface area contributed by atoms with Gasteiger partial charge in [0.25, 0.3) is 0 Å². The van der Waals surface area contributed by atoms with Crippen LogP contribution >= 0.6 is 11.3 Å². The minimum absolute atomic E-state index is 0.626. The zero-order valence-electron chi connectivity index (χ0n) is 12.2. The van der Waals surface area contributed by atoms with Crippen LogP contribution in [0, 0.1) is 18.3 Å². The Morgan fingerprint density at radius 2 is 2.17 bits per heavy atom. The minimum Gasteiger partial charge on any atom is -0.261 e. The van der Waals surface area contributed by atoms with Gasteiger partial charge >= 0.3 is 0 Å². The molecule has 0 fully saturated rings. The monoisotopic (exact) mass is 317 g/mol. The van der Waals surface area contributed by atoms with Crippen molar-refractivity contribution in [1.82, 2.24) is 20.2 Å². The number of aromatic nitrogens is 4. The van der Waals surface area contributed by atoms with E-state index in [-0.39, 0.29) is 0 Å². The Labute approximate surface area is 136 Å². The number of aryl methyl sites for hydroxylation is 1. The summed E-state index contributed by atoms with van der Waals surface area (Å²) in [5.74, 6) is 0. The number of aromatic amines is 1. The lowest BCUT2D eigenvalue weighted by Gasteiger charge is -2.06. The largest absolute Gasteiger partial charge is 0.261 e. The first kappa shape index (κ1) is 13.6. The van der Waals surface area contributed by atoms with Gasteiger partial charge in [-0.25, -0.2) is 9.97 Å². The molecule has 23 heavy (non-hydrogen) atoms. The molecule has 0 aliphatic carbocycles. The van der Waals surface area contributed by atoms with E-state index in [0.717, 1.165) is 38.4 Å². The van der Waals surface area contributed by atoms with Crippen molar-refractivity contribution < 1.29 is 0 Å². The molecule has 6 heteroatoms. The molecule has 0 atom stereocenters. The molecule has 0 saturated carbocycles. The third-order valence-electron chi connectivity index (χ3n) is 3.63. The highest BCUT2D eigenvalue weighted by Crippen LogP contribution is 2.38. The van der Waals surface area contributed by atoms with Crippen molar-refractivity contribution in [3.8, 4) is 27.8 Å². The van der Waals surface area contributed by atoms with Gasteiger partial charge in [0.2, 0.25) is 0 Å². The zero-order chi connectivity index (χ0) is 15.8. The number of benzene rings is 1. The van der Waals surface area contributed by atoms with Crippen LogP contribution in [0.4, 0.5) is 0 Å². The van der Waals surface area contributed by atoms with Gasteiger partial charge in [0.15, 0.2) is 5.65 Å². The fraction of sp³-hybridized carbons (Fsp3) is 0.0588. The standard InChI is InChI=1S/C17H11N5S/c1-10-5-13(14-8-20-22-17(14)21-10)16-15(19-9-23-16)12-4-2-3-11(6-12)7-18/h2-6,8-9H,1H3,(H,20,21,22). The fourth-order valence-electron chi connectivity index (χ4n) is 2.62. The first-order chi connectivity index (χ1) is 11.3. The number of nitriles is 1. The average molecular weight is 317 g/mol. The third kappa shape index (κ3) is 2.28. The predicted molar refractivity (Wildman–Crippen MR) is 89.9 cm³/mol. The zero-order valence-corrected chi connectivity index (χ0v) is 13.1. The van der Waals surface area contributed by atoms with Crippen molar-refractivity contribution in [3.63, 3.8) is 0 Å². The van der Waals surface area contributed by atoms with E-state index in [1.54, 1.807) is 23.6 Å². The fourth-order valence-corrected chi connectivity index (χ4v) is 3.47. The van der Waals surface area contributed by atoms with E-state index >= 15 is 0 Å². The maximum Gasteiger partial charge on any atom is 0.156 e. The summed E-state index contributed by atoms with van der Waals surface area (Å²) >= 11 is 1.57. The summed E-state index contributed by atoms with van der Waals surface area (Å²) in [6, 6.07) is 11.7. The van der Waals surface area contributed by atoms with Gasteiger partial charge < -0.3 is 0 Å². The van der Waals surface area contributed by atoms with Crippen LogP contribution in [0.15, 0.2) is 42.0 Å². The van der Waals surface area contributed by atoms with Gasteiger partial charge in [0, 0.05) is 22.2 Å². The molecule has 4 rings (SSSR count). The van der Waals surface area contributed by atoms with E-state index in [9.17, 15) is 0 Å². The number of fused-ring (bicyclic) bond motifs is 1. The van der Waals surface area contributed by atoms with Crippen molar-refractivity contribution in [2.24, 2.45) is 0 Å². The summed E-state index contributed by atoms with van der Waals surface area (Å²) in [5.41, 5.74) is 7.01. The van der Waals surface area contributed by atoms with Crippen LogP contribution in [0.5, 0.6) is 0 Å². The smallest absolute Gasteiger partial charge is 0.156 e. The number of rotatable bonds is 2. The van der Waals surface area contributed by atoms with Gasteiger partial charge in [-0.2, -0.15) is 10.4 Å². The predicted octanol–water partition coefficient (Wildman–Crippen LogP) is 3.93. The lowest BCUT2D eigenvalue weighted by molar-refractivity contribution is 1.09. The second-order valence-electron chi connectivity index (χ2n) is 5.17. The number of nitrogens with one attached hydrogen (secondary N) is 1. The summed E-state index contributed by atoms with van der Waals surface area (Å²) in [6.07, 6.45) is 1.78. The van der Waals surface area contributed by atoms with Gasteiger partial charge in [0.1, 0.15) is 0 Å². The van der Waals surface area contributed by atoms with E-state index in [1.165, 1.54) is 0 Å². The number of thiazole rings is 1. The quantitative estimate of drug-likeness (QED) is 0.607. The number of nitrogens with zero attached hydrogens (tertiary/aromatic N) is 4. The van der Waals surface area contributed by atoms with Crippen LogP contribution in [0.25, 0.3) is 32.7 Å². The van der Waals surface area contributed by atoms with E-state index in [1.807, 2.05) is 36.7 Å². The average Bonchev–Trinajstić information content (AvgIpc) is 3.23. The lowest BCUT2D eigenvalue weighted by atomic mass is 10.0. The number of hydrogen-bond donors (Lipinski definition) is 1. The van der Waals surface area contributed by atoms with Crippen LogP contribution in [-0.2, 0) is 0 Å². The van der Waals surface area contributed by atoms with Gasteiger partial charge in [0.05, 0.1) is 33.9 Å². The Balaban J connectivity index is 1.96. The molecule has 4 aromatic rings. The number of hydrogen-bond acceptors (Lipinski definition) is 5. The first-order valence-electron chi connectivity index (χ1n) is 7.01. The summed E-state index contributed by atoms with van der Waals surface area (Å²) in [4.78, 5) is 10.0. The van der Waals surface area contributed by atoms with Crippen LogP contribution in [0.1, 0.15) is 11.3 Å². The maximum atomic E-state index is 9.11. The molecular weight excluding hydrogens is 306 g/mol. The Kier molecular flexibility index (Phi) is 3.14. The molecule has 1 aromatic carbocycles. The molecular formula is C17H11N5S. The molecule has 0 radical (unpaired) electrons. The Morgan fingerprint density at radius 1 is 1.26 bits per heavy atom. The van der Waals surface area contributed by atoms with Crippen molar-refractivity contribution >= 4 is 22.4 Å². The summed E-state index contributed by atoms with van der Waals surface area (Å²) < 4.78 is 0. The molecule has 1 N–H and O–H groups in total. The van der Waals surface area contributed by atoms with Gasteiger partial charge in [-0.15, -0.1) is 11.3 Å². The second kappa shape index (κ2) is 5.30. The maximum absolute atomic E-state index is 9.11. The topological polar surface area (TPSA) is 78.2 Å². The highest BCUT2D eigenvalue weighted by molar-refractivity contribution is 7.14. The molecule has 0 aliphatic rings. The molecule has 0 bridgehead atoms. The Hall–Kier alpha value is -3.04. The lowest BCUT2D eigenvalue weighted by Crippen LogP contribution is -1.88. The Morgan fingerprint density at radius 3 is 3.04 bits per heavy atom. The molecule has 0 saturated heterocycles. The van der Waals surface area contributed by atoms with Gasteiger partial charge in [-0.1, -0.05) is 12.1 Å². The Bertz CT molecular complexity index is 1050. The van der Waals surface area contributed by atoms with E-state index in [4.69, 9.17) is 5.26 Å². The molecule has 3 aromatic heterocycles. The summed E-state index contributed by atoms with van der Waals surface area (Å²) in [5, 5.41) is 17.1. The molecule has 5 nitrogen and oxygen atoms in total. The molecule has 3 heterocycles. The van der Waals surface area contributed by atoms with Crippen LogP contribution in [-0.4, -0.2) is 20.2 Å². The molecule has 0 unspecified atom stereocenters.